The third-order valence-electron chi connectivity index (χ3n) is 5.05. The largest absolute Gasteiger partial charge is 0.486 e. The molecule has 146 valence electrons. The SMILES string of the molecule is C[C@H](OC(=O)c1ccc2c(c1)CCCC2)C(=O)Nc1ccc2c(c1)OCCO2. The number of hydrogen-bond donors (Lipinski definition) is 1. The van der Waals surface area contributed by atoms with Gasteiger partial charge in [-0.15, -0.1) is 0 Å². The molecule has 0 saturated carbocycles. The smallest absolute Gasteiger partial charge is 0.338 e. The fourth-order valence-electron chi connectivity index (χ4n) is 3.51. The van der Waals surface area contributed by atoms with Crippen molar-refractivity contribution in [2.75, 3.05) is 18.5 Å². The van der Waals surface area contributed by atoms with Crippen molar-refractivity contribution in [3.05, 3.63) is 53.1 Å². The standard InChI is InChI=1S/C22H23NO5/c1-14(21(24)23-18-8-9-19-20(13-18)27-11-10-26-19)28-22(25)17-7-6-15-4-2-3-5-16(15)12-17/h6-9,12-14H,2-5,10-11H2,1H3,(H,23,24)/t14-/m0/s1. The van der Waals surface area contributed by atoms with Gasteiger partial charge in [-0.3, -0.25) is 4.79 Å². The molecule has 6 nitrogen and oxygen atoms in total. The van der Waals surface area contributed by atoms with Gasteiger partial charge in [0.25, 0.3) is 5.91 Å². The van der Waals surface area contributed by atoms with E-state index in [1.807, 2.05) is 12.1 Å². The average molecular weight is 381 g/mol. The molecular formula is C22H23NO5. The maximum Gasteiger partial charge on any atom is 0.338 e. The number of benzene rings is 2. The zero-order valence-electron chi connectivity index (χ0n) is 15.8. The van der Waals surface area contributed by atoms with Crippen LogP contribution in [0.3, 0.4) is 0 Å². The highest BCUT2D eigenvalue weighted by Crippen LogP contribution is 2.32. The molecule has 2 aliphatic rings. The second-order valence-electron chi connectivity index (χ2n) is 7.09. The molecular weight excluding hydrogens is 358 g/mol. The van der Waals surface area contributed by atoms with Gasteiger partial charge in [0.2, 0.25) is 0 Å². The van der Waals surface area contributed by atoms with E-state index in [1.165, 1.54) is 17.5 Å². The van der Waals surface area contributed by atoms with Crippen LogP contribution in [-0.2, 0) is 22.4 Å². The molecule has 0 aromatic heterocycles. The van der Waals surface area contributed by atoms with Crippen LogP contribution in [0.2, 0.25) is 0 Å². The van der Waals surface area contributed by atoms with E-state index in [9.17, 15) is 9.59 Å². The van der Waals surface area contributed by atoms with E-state index < -0.39 is 18.0 Å². The zero-order chi connectivity index (χ0) is 19.5. The molecule has 1 aliphatic heterocycles. The number of anilines is 1. The van der Waals surface area contributed by atoms with Crippen molar-refractivity contribution in [2.24, 2.45) is 0 Å². The van der Waals surface area contributed by atoms with Crippen LogP contribution in [-0.4, -0.2) is 31.2 Å². The highest BCUT2D eigenvalue weighted by molar-refractivity contribution is 5.97. The minimum atomic E-state index is -0.920. The van der Waals surface area contributed by atoms with Gasteiger partial charge in [0.05, 0.1) is 5.56 Å². The molecule has 0 fully saturated rings. The van der Waals surface area contributed by atoms with Crippen LogP contribution in [0.15, 0.2) is 36.4 Å². The number of ether oxygens (including phenoxy) is 3. The third-order valence-corrected chi connectivity index (χ3v) is 5.05. The highest BCUT2D eigenvalue weighted by Gasteiger charge is 2.21. The molecule has 1 heterocycles. The van der Waals surface area contributed by atoms with Gasteiger partial charge >= 0.3 is 5.97 Å². The molecule has 1 atom stereocenters. The minimum Gasteiger partial charge on any atom is -0.486 e. The number of amides is 1. The van der Waals surface area contributed by atoms with Crippen LogP contribution in [0.25, 0.3) is 0 Å². The normalized spacial score (nSPS) is 15.9. The second-order valence-corrected chi connectivity index (χ2v) is 7.09. The summed E-state index contributed by atoms with van der Waals surface area (Å²) >= 11 is 0. The summed E-state index contributed by atoms with van der Waals surface area (Å²) in [6, 6.07) is 10.8. The van der Waals surface area contributed by atoms with E-state index >= 15 is 0 Å². The second kappa shape index (κ2) is 7.92. The number of nitrogens with one attached hydrogen (secondary N) is 1. The topological polar surface area (TPSA) is 73.9 Å². The van der Waals surface area contributed by atoms with E-state index in [0.29, 0.717) is 36.0 Å². The summed E-state index contributed by atoms with van der Waals surface area (Å²) in [5, 5.41) is 2.75. The van der Waals surface area contributed by atoms with E-state index in [1.54, 1.807) is 31.2 Å². The molecule has 1 aliphatic carbocycles. The summed E-state index contributed by atoms with van der Waals surface area (Å²) in [6.45, 7) is 2.54. The predicted molar refractivity (Wildman–Crippen MR) is 104 cm³/mol. The van der Waals surface area contributed by atoms with Crippen LogP contribution < -0.4 is 14.8 Å². The molecule has 1 amide bonds. The van der Waals surface area contributed by atoms with Crippen molar-refractivity contribution < 1.29 is 23.8 Å². The fourth-order valence-corrected chi connectivity index (χ4v) is 3.51. The van der Waals surface area contributed by atoms with Crippen molar-refractivity contribution in [1.29, 1.82) is 0 Å². The van der Waals surface area contributed by atoms with Crippen molar-refractivity contribution in [3.8, 4) is 11.5 Å². The van der Waals surface area contributed by atoms with Gasteiger partial charge < -0.3 is 19.5 Å². The molecule has 1 N–H and O–H groups in total. The van der Waals surface area contributed by atoms with E-state index in [2.05, 4.69) is 5.32 Å². The summed E-state index contributed by atoms with van der Waals surface area (Å²) in [6.07, 6.45) is 3.44. The lowest BCUT2D eigenvalue weighted by atomic mass is 9.90. The molecule has 0 saturated heterocycles. The quantitative estimate of drug-likeness (QED) is 0.821. The first-order valence-electron chi connectivity index (χ1n) is 9.63. The number of hydrogen-bond acceptors (Lipinski definition) is 5. The van der Waals surface area contributed by atoms with E-state index in [4.69, 9.17) is 14.2 Å². The third kappa shape index (κ3) is 3.96. The lowest BCUT2D eigenvalue weighted by molar-refractivity contribution is -0.123. The van der Waals surface area contributed by atoms with Gasteiger partial charge in [0, 0.05) is 11.8 Å². The van der Waals surface area contributed by atoms with Gasteiger partial charge in [-0.25, -0.2) is 4.79 Å². The Morgan fingerprint density at radius 2 is 1.71 bits per heavy atom. The number of fused-ring (bicyclic) bond motifs is 2. The Bertz CT molecular complexity index is 908. The summed E-state index contributed by atoms with van der Waals surface area (Å²) in [4.78, 5) is 24.9. The average Bonchev–Trinajstić information content (AvgIpc) is 2.73. The Balaban J connectivity index is 1.38. The number of rotatable bonds is 4. The molecule has 4 rings (SSSR count). The van der Waals surface area contributed by atoms with Gasteiger partial charge in [-0.05, 0) is 68.0 Å². The Morgan fingerprint density at radius 3 is 2.54 bits per heavy atom. The Morgan fingerprint density at radius 1 is 0.964 bits per heavy atom. The lowest BCUT2D eigenvalue weighted by Gasteiger charge is -2.20. The summed E-state index contributed by atoms with van der Waals surface area (Å²) in [7, 11) is 0. The molecule has 2 aromatic carbocycles. The van der Waals surface area contributed by atoms with Crippen LogP contribution >= 0.6 is 0 Å². The Hall–Kier alpha value is -3.02. The Kier molecular flexibility index (Phi) is 5.19. The van der Waals surface area contributed by atoms with Crippen molar-refractivity contribution >= 4 is 17.6 Å². The van der Waals surface area contributed by atoms with Gasteiger partial charge in [0.1, 0.15) is 13.2 Å². The van der Waals surface area contributed by atoms with Crippen LogP contribution in [0.5, 0.6) is 11.5 Å². The van der Waals surface area contributed by atoms with Crippen molar-refractivity contribution in [2.45, 2.75) is 38.7 Å². The van der Waals surface area contributed by atoms with Crippen LogP contribution in [0, 0.1) is 0 Å². The van der Waals surface area contributed by atoms with Crippen LogP contribution in [0.1, 0.15) is 41.3 Å². The molecule has 0 spiro atoms. The van der Waals surface area contributed by atoms with Crippen molar-refractivity contribution in [1.82, 2.24) is 0 Å². The molecule has 0 radical (unpaired) electrons. The molecule has 6 heteroatoms. The van der Waals surface area contributed by atoms with Crippen molar-refractivity contribution in [3.63, 3.8) is 0 Å². The lowest BCUT2D eigenvalue weighted by Crippen LogP contribution is -2.30. The van der Waals surface area contributed by atoms with Gasteiger partial charge in [0.15, 0.2) is 17.6 Å². The first-order chi connectivity index (χ1) is 13.6. The van der Waals surface area contributed by atoms with Gasteiger partial charge in [-0.2, -0.15) is 0 Å². The maximum atomic E-state index is 12.5. The van der Waals surface area contributed by atoms with E-state index in [0.717, 1.165) is 19.3 Å². The van der Waals surface area contributed by atoms with Gasteiger partial charge in [-0.1, -0.05) is 6.07 Å². The minimum absolute atomic E-state index is 0.400. The predicted octanol–water partition coefficient (Wildman–Crippen LogP) is 3.52. The molecule has 0 unspecified atom stereocenters. The summed E-state index contributed by atoms with van der Waals surface area (Å²) in [5.41, 5.74) is 3.55. The number of esters is 1. The highest BCUT2D eigenvalue weighted by atomic mass is 16.6. The number of aryl methyl sites for hydroxylation is 2. The Labute approximate surface area is 163 Å². The summed E-state index contributed by atoms with van der Waals surface area (Å²) < 4.78 is 16.3. The fraction of sp³-hybridized carbons (Fsp3) is 0.364. The summed E-state index contributed by atoms with van der Waals surface area (Å²) in [5.74, 6) is 0.347. The number of carbonyl (C=O) groups is 2. The van der Waals surface area contributed by atoms with Crippen LogP contribution in [0.4, 0.5) is 5.69 Å². The maximum absolute atomic E-state index is 12.5. The first kappa shape index (κ1) is 18.3. The zero-order valence-corrected chi connectivity index (χ0v) is 15.8. The molecule has 0 bridgehead atoms. The molecule has 28 heavy (non-hydrogen) atoms. The van der Waals surface area contributed by atoms with E-state index in [-0.39, 0.29) is 0 Å². The molecule has 2 aromatic rings. The first-order valence-corrected chi connectivity index (χ1v) is 9.63. The monoisotopic (exact) mass is 381 g/mol. The number of carbonyl (C=O) groups excluding carboxylic acids is 2.